The molecule has 0 aliphatic rings. The average Bonchev–Trinajstić information content (AvgIpc) is 2.43. The Hall–Kier alpha value is -2.24. The predicted molar refractivity (Wildman–Crippen MR) is 83.4 cm³/mol. The van der Waals surface area contributed by atoms with Crippen molar-refractivity contribution in [2.45, 2.75) is 13.3 Å². The number of hydrogen-bond donors (Lipinski definition) is 1. The van der Waals surface area contributed by atoms with E-state index in [2.05, 4.69) is 0 Å². The molecule has 6 nitrogen and oxygen atoms in total. The first-order valence-corrected chi connectivity index (χ1v) is 6.84. The van der Waals surface area contributed by atoms with E-state index in [0.717, 1.165) is 5.69 Å². The van der Waals surface area contributed by atoms with E-state index in [0.29, 0.717) is 24.4 Å². The summed E-state index contributed by atoms with van der Waals surface area (Å²) in [5.41, 5.74) is 7.85. The Labute approximate surface area is 125 Å². The second-order valence-electron chi connectivity index (χ2n) is 4.95. The second kappa shape index (κ2) is 7.52. The number of benzene rings is 1. The Morgan fingerprint density at radius 3 is 2.43 bits per heavy atom. The Bertz CT molecular complexity index is 515. The van der Waals surface area contributed by atoms with E-state index in [1.165, 1.54) is 4.90 Å². The molecule has 0 aliphatic heterocycles. The number of rotatable bonds is 6. The molecule has 0 spiro atoms. The van der Waals surface area contributed by atoms with Crippen LogP contribution in [0.25, 0.3) is 0 Å². The standard InChI is InChI=1S/C15H23N3O3/c1-5-21-14(19)8-9-18(4)15(20)11-6-7-13(17(2)3)12(16)10-11/h6-7,10H,5,8-9,16H2,1-4H3. The van der Waals surface area contributed by atoms with Crippen molar-refractivity contribution in [3.63, 3.8) is 0 Å². The van der Waals surface area contributed by atoms with Gasteiger partial charge in [-0.15, -0.1) is 0 Å². The zero-order valence-corrected chi connectivity index (χ0v) is 13.0. The van der Waals surface area contributed by atoms with Crippen LogP contribution in [0.15, 0.2) is 18.2 Å². The van der Waals surface area contributed by atoms with Gasteiger partial charge in [0.25, 0.3) is 5.91 Å². The lowest BCUT2D eigenvalue weighted by Crippen LogP contribution is -2.29. The molecule has 21 heavy (non-hydrogen) atoms. The zero-order valence-electron chi connectivity index (χ0n) is 13.0. The number of carbonyl (C=O) groups excluding carboxylic acids is 2. The molecule has 0 fully saturated rings. The maximum absolute atomic E-state index is 12.3. The molecule has 0 atom stereocenters. The van der Waals surface area contributed by atoms with E-state index in [4.69, 9.17) is 10.5 Å². The molecule has 0 radical (unpaired) electrons. The lowest BCUT2D eigenvalue weighted by atomic mass is 10.1. The van der Waals surface area contributed by atoms with E-state index in [9.17, 15) is 9.59 Å². The van der Waals surface area contributed by atoms with Crippen LogP contribution >= 0.6 is 0 Å². The van der Waals surface area contributed by atoms with E-state index in [1.807, 2.05) is 25.1 Å². The van der Waals surface area contributed by atoms with E-state index in [-0.39, 0.29) is 18.3 Å². The number of esters is 1. The molecule has 0 heterocycles. The summed E-state index contributed by atoms with van der Waals surface area (Å²) in [6.45, 7) is 2.41. The molecular weight excluding hydrogens is 270 g/mol. The van der Waals surface area contributed by atoms with E-state index >= 15 is 0 Å². The van der Waals surface area contributed by atoms with Crippen molar-refractivity contribution in [3.8, 4) is 0 Å². The molecule has 0 saturated heterocycles. The van der Waals surface area contributed by atoms with Gasteiger partial charge in [0.2, 0.25) is 0 Å². The van der Waals surface area contributed by atoms with Gasteiger partial charge < -0.3 is 20.3 Å². The highest BCUT2D eigenvalue weighted by Gasteiger charge is 2.15. The van der Waals surface area contributed by atoms with Gasteiger partial charge >= 0.3 is 5.97 Å². The average molecular weight is 293 g/mol. The molecule has 0 unspecified atom stereocenters. The molecule has 116 valence electrons. The van der Waals surface area contributed by atoms with Crippen LogP contribution in [-0.2, 0) is 9.53 Å². The van der Waals surface area contributed by atoms with Crippen LogP contribution in [-0.4, -0.2) is 51.1 Å². The first-order valence-electron chi connectivity index (χ1n) is 6.84. The predicted octanol–water partition coefficient (Wildman–Crippen LogP) is 1.36. The summed E-state index contributed by atoms with van der Waals surface area (Å²) in [6.07, 6.45) is 0.182. The lowest BCUT2D eigenvalue weighted by molar-refractivity contribution is -0.143. The Morgan fingerprint density at radius 1 is 1.24 bits per heavy atom. The number of amides is 1. The third-order valence-corrected chi connectivity index (χ3v) is 3.06. The molecule has 0 aromatic heterocycles. The summed E-state index contributed by atoms with van der Waals surface area (Å²) in [6, 6.07) is 5.19. The second-order valence-corrected chi connectivity index (χ2v) is 4.95. The zero-order chi connectivity index (χ0) is 16.0. The van der Waals surface area contributed by atoms with Gasteiger partial charge in [-0.25, -0.2) is 0 Å². The maximum Gasteiger partial charge on any atom is 0.307 e. The molecule has 1 rings (SSSR count). The quantitative estimate of drug-likeness (QED) is 0.633. The lowest BCUT2D eigenvalue weighted by Gasteiger charge is -2.19. The third-order valence-electron chi connectivity index (χ3n) is 3.06. The van der Waals surface area contributed by atoms with Crippen molar-refractivity contribution in [1.29, 1.82) is 0 Å². The summed E-state index contributed by atoms with van der Waals surface area (Å²) in [5, 5.41) is 0. The molecular formula is C15H23N3O3. The summed E-state index contributed by atoms with van der Waals surface area (Å²) in [7, 11) is 5.43. The molecule has 1 aromatic rings. The molecule has 0 saturated carbocycles. The van der Waals surface area contributed by atoms with Gasteiger partial charge in [0.15, 0.2) is 0 Å². The van der Waals surface area contributed by atoms with Gasteiger partial charge in [-0.05, 0) is 25.1 Å². The number of nitrogens with zero attached hydrogens (tertiary/aromatic N) is 2. The van der Waals surface area contributed by atoms with Crippen molar-refractivity contribution in [2.24, 2.45) is 0 Å². The number of anilines is 2. The fourth-order valence-corrected chi connectivity index (χ4v) is 1.91. The van der Waals surface area contributed by atoms with Gasteiger partial charge in [-0.1, -0.05) is 0 Å². The monoisotopic (exact) mass is 293 g/mol. The van der Waals surface area contributed by atoms with Crippen molar-refractivity contribution >= 4 is 23.3 Å². The molecule has 1 amide bonds. The van der Waals surface area contributed by atoms with Crippen molar-refractivity contribution in [2.75, 3.05) is 44.9 Å². The molecule has 6 heteroatoms. The van der Waals surface area contributed by atoms with Crippen LogP contribution in [0.2, 0.25) is 0 Å². The number of nitrogen functional groups attached to an aromatic ring is 1. The van der Waals surface area contributed by atoms with Gasteiger partial charge in [0.05, 0.1) is 24.4 Å². The maximum atomic E-state index is 12.3. The SMILES string of the molecule is CCOC(=O)CCN(C)C(=O)c1ccc(N(C)C)c(N)c1. The van der Waals surface area contributed by atoms with Gasteiger partial charge in [-0.2, -0.15) is 0 Å². The van der Waals surface area contributed by atoms with Crippen LogP contribution in [0.4, 0.5) is 11.4 Å². The number of ether oxygens (including phenoxy) is 1. The minimum atomic E-state index is -0.306. The fourth-order valence-electron chi connectivity index (χ4n) is 1.91. The first-order chi connectivity index (χ1) is 9.86. The number of carbonyl (C=O) groups is 2. The molecule has 0 aliphatic carbocycles. The molecule has 0 bridgehead atoms. The van der Waals surface area contributed by atoms with Crippen LogP contribution in [0.1, 0.15) is 23.7 Å². The highest BCUT2D eigenvalue weighted by Crippen LogP contribution is 2.22. The Kier molecular flexibility index (Phi) is 6.02. The molecule has 1 aromatic carbocycles. The Balaban J connectivity index is 2.70. The highest BCUT2D eigenvalue weighted by molar-refractivity contribution is 5.96. The largest absolute Gasteiger partial charge is 0.466 e. The van der Waals surface area contributed by atoms with Crippen LogP contribution < -0.4 is 10.6 Å². The van der Waals surface area contributed by atoms with Gasteiger partial charge in [-0.3, -0.25) is 9.59 Å². The first kappa shape index (κ1) is 16.8. The van der Waals surface area contributed by atoms with Crippen molar-refractivity contribution in [3.05, 3.63) is 23.8 Å². The van der Waals surface area contributed by atoms with Crippen LogP contribution in [0.3, 0.4) is 0 Å². The normalized spacial score (nSPS) is 10.1. The summed E-state index contributed by atoms with van der Waals surface area (Å²) >= 11 is 0. The highest BCUT2D eigenvalue weighted by atomic mass is 16.5. The topological polar surface area (TPSA) is 75.9 Å². The number of hydrogen-bond acceptors (Lipinski definition) is 5. The van der Waals surface area contributed by atoms with Crippen LogP contribution in [0.5, 0.6) is 0 Å². The van der Waals surface area contributed by atoms with Gasteiger partial charge in [0, 0.05) is 33.3 Å². The minimum Gasteiger partial charge on any atom is -0.466 e. The van der Waals surface area contributed by atoms with Crippen LogP contribution in [0, 0.1) is 0 Å². The van der Waals surface area contributed by atoms with E-state index < -0.39 is 0 Å². The Morgan fingerprint density at radius 2 is 1.90 bits per heavy atom. The van der Waals surface area contributed by atoms with Crippen molar-refractivity contribution in [1.82, 2.24) is 4.90 Å². The van der Waals surface area contributed by atoms with Crippen molar-refractivity contribution < 1.29 is 14.3 Å². The van der Waals surface area contributed by atoms with Gasteiger partial charge in [0.1, 0.15) is 0 Å². The molecule has 2 N–H and O–H groups in total. The summed E-state index contributed by atoms with van der Waals surface area (Å²) < 4.78 is 4.84. The minimum absolute atomic E-state index is 0.170. The third kappa shape index (κ3) is 4.66. The smallest absolute Gasteiger partial charge is 0.307 e. The number of nitrogens with two attached hydrogens (primary N) is 1. The summed E-state index contributed by atoms with van der Waals surface area (Å²) in [4.78, 5) is 26.9. The summed E-state index contributed by atoms with van der Waals surface area (Å²) in [5.74, 6) is -0.476. The van der Waals surface area contributed by atoms with E-state index in [1.54, 1.807) is 26.1 Å². The fraction of sp³-hybridized carbons (Fsp3) is 0.467.